The highest BCUT2D eigenvalue weighted by molar-refractivity contribution is 5.77. The van der Waals surface area contributed by atoms with E-state index in [-0.39, 0.29) is 0 Å². The van der Waals surface area contributed by atoms with Crippen LogP contribution >= 0.6 is 0 Å². The van der Waals surface area contributed by atoms with Crippen molar-refractivity contribution >= 4 is 0 Å². The SMILES string of the molecule is Cc1cccc(C2(c3cccc(C)c3)Oc3ccc(C)cc3-c3ncc(C)cc32)c1. The Kier molecular flexibility index (Phi) is 4.25. The summed E-state index contributed by atoms with van der Waals surface area (Å²) in [6.07, 6.45) is 1.95. The number of nitrogens with zero attached hydrogens (tertiary/aromatic N) is 1. The summed E-state index contributed by atoms with van der Waals surface area (Å²) in [5, 5.41) is 0. The molecular formula is C28H25NO. The van der Waals surface area contributed by atoms with Gasteiger partial charge in [-0.3, -0.25) is 4.98 Å². The van der Waals surface area contributed by atoms with E-state index in [1.165, 1.54) is 16.7 Å². The Balaban J connectivity index is 1.92. The highest BCUT2D eigenvalue weighted by Gasteiger charge is 2.45. The third-order valence-corrected chi connectivity index (χ3v) is 5.91. The first kappa shape index (κ1) is 18.6. The summed E-state index contributed by atoms with van der Waals surface area (Å²) in [4.78, 5) is 4.91. The van der Waals surface area contributed by atoms with E-state index >= 15 is 0 Å². The van der Waals surface area contributed by atoms with Crippen molar-refractivity contribution in [1.29, 1.82) is 0 Å². The fourth-order valence-corrected chi connectivity index (χ4v) is 4.51. The molecule has 1 aliphatic rings. The number of fused-ring (bicyclic) bond motifs is 3. The first-order valence-corrected chi connectivity index (χ1v) is 10.4. The Hall–Kier alpha value is -3.39. The highest BCUT2D eigenvalue weighted by Crippen LogP contribution is 2.51. The lowest BCUT2D eigenvalue weighted by molar-refractivity contribution is 0.151. The van der Waals surface area contributed by atoms with Crippen LogP contribution in [0.1, 0.15) is 38.9 Å². The van der Waals surface area contributed by atoms with Crippen molar-refractivity contribution in [3.63, 3.8) is 0 Å². The summed E-state index contributed by atoms with van der Waals surface area (Å²) >= 11 is 0. The lowest BCUT2D eigenvalue weighted by Gasteiger charge is -2.41. The maximum atomic E-state index is 7.00. The van der Waals surface area contributed by atoms with E-state index in [1.807, 2.05) is 6.20 Å². The van der Waals surface area contributed by atoms with E-state index in [4.69, 9.17) is 9.72 Å². The lowest BCUT2D eigenvalue weighted by atomic mass is 9.75. The van der Waals surface area contributed by atoms with Crippen LogP contribution < -0.4 is 4.74 Å². The fourth-order valence-electron chi connectivity index (χ4n) is 4.51. The fraction of sp³-hybridized carbons (Fsp3) is 0.179. The van der Waals surface area contributed by atoms with Crippen molar-refractivity contribution in [2.24, 2.45) is 0 Å². The van der Waals surface area contributed by atoms with Crippen molar-refractivity contribution < 1.29 is 4.74 Å². The molecule has 0 saturated carbocycles. The smallest absolute Gasteiger partial charge is 0.186 e. The number of hydrogen-bond acceptors (Lipinski definition) is 2. The van der Waals surface area contributed by atoms with Gasteiger partial charge in [0.15, 0.2) is 5.60 Å². The summed E-state index contributed by atoms with van der Waals surface area (Å²) in [5.41, 5.74) is 9.36. The average molecular weight is 392 g/mol. The Morgan fingerprint density at radius 3 is 1.93 bits per heavy atom. The number of ether oxygens (including phenoxy) is 1. The number of benzene rings is 3. The Labute approximate surface area is 178 Å². The summed E-state index contributed by atoms with van der Waals surface area (Å²) in [5.74, 6) is 0.868. The van der Waals surface area contributed by atoms with Gasteiger partial charge in [-0.2, -0.15) is 0 Å². The molecule has 0 atom stereocenters. The van der Waals surface area contributed by atoms with E-state index in [2.05, 4.69) is 100 Å². The minimum absolute atomic E-state index is 0.755. The van der Waals surface area contributed by atoms with Gasteiger partial charge < -0.3 is 4.74 Å². The third kappa shape index (κ3) is 2.83. The van der Waals surface area contributed by atoms with Crippen LogP contribution in [0.4, 0.5) is 0 Å². The summed E-state index contributed by atoms with van der Waals surface area (Å²) < 4.78 is 7.00. The van der Waals surface area contributed by atoms with Gasteiger partial charge in [-0.1, -0.05) is 71.3 Å². The Bertz CT molecular complexity index is 1230. The van der Waals surface area contributed by atoms with Crippen molar-refractivity contribution in [1.82, 2.24) is 4.98 Å². The molecule has 2 heterocycles. The summed E-state index contributed by atoms with van der Waals surface area (Å²) in [6.45, 7) is 8.46. The largest absolute Gasteiger partial charge is 0.472 e. The predicted molar refractivity (Wildman–Crippen MR) is 122 cm³/mol. The van der Waals surface area contributed by atoms with E-state index in [0.717, 1.165) is 39.3 Å². The van der Waals surface area contributed by atoms with Crippen LogP contribution in [0.2, 0.25) is 0 Å². The maximum Gasteiger partial charge on any atom is 0.186 e. The van der Waals surface area contributed by atoms with Crippen LogP contribution in [-0.2, 0) is 5.60 Å². The minimum atomic E-state index is -0.755. The van der Waals surface area contributed by atoms with Gasteiger partial charge in [-0.25, -0.2) is 0 Å². The van der Waals surface area contributed by atoms with Gasteiger partial charge in [-0.05, 0) is 51.5 Å². The van der Waals surface area contributed by atoms with Crippen LogP contribution in [0.15, 0.2) is 79.0 Å². The van der Waals surface area contributed by atoms with Gasteiger partial charge in [0.25, 0.3) is 0 Å². The molecule has 0 fully saturated rings. The lowest BCUT2D eigenvalue weighted by Crippen LogP contribution is -2.39. The number of aryl methyl sites for hydroxylation is 4. The van der Waals surface area contributed by atoms with E-state index < -0.39 is 5.60 Å². The molecule has 0 saturated heterocycles. The molecule has 0 aliphatic carbocycles. The standard InChI is InChI=1S/C28H25NO/c1-18-7-5-9-22(13-18)28(23-10-6-8-19(2)14-23)25-16-21(4)17-29-27(25)24-15-20(3)11-12-26(24)30-28/h5-17H,1-4H3. The molecular weight excluding hydrogens is 366 g/mol. The molecule has 0 unspecified atom stereocenters. The van der Waals surface area contributed by atoms with Crippen LogP contribution in [0.5, 0.6) is 5.75 Å². The van der Waals surface area contributed by atoms with Gasteiger partial charge in [0.1, 0.15) is 5.75 Å². The Morgan fingerprint density at radius 1 is 0.667 bits per heavy atom. The molecule has 30 heavy (non-hydrogen) atoms. The molecule has 3 aromatic carbocycles. The Morgan fingerprint density at radius 2 is 1.30 bits per heavy atom. The van der Waals surface area contributed by atoms with Gasteiger partial charge in [0, 0.05) is 28.5 Å². The van der Waals surface area contributed by atoms with E-state index in [9.17, 15) is 0 Å². The van der Waals surface area contributed by atoms with Gasteiger partial charge in [0.05, 0.1) is 5.69 Å². The normalized spacial score (nSPS) is 13.9. The molecule has 0 N–H and O–H groups in total. The first-order valence-electron chi connectivity index (χ1n) is 10.4. The molecule has 0 bridgehead atoms. The number of pyridine rings is 1. The summed E-state index contributed by atoms with van der Waals surface area (Å²) in [7, 11) is 0. The number of hydrogen-bond donors (Lipinski definition) is 0. The molecule has 0 amide bonds. The maximum absolute atomic E-state index is 7.00. The zero-order valence-electron chi connectivity index (χ0n) is 17.9. The zero-order chi connectivity index (χ0) is 20.9. The first-order chi connectivity index (χ1) is 14.5. The van der Waals surface area contributed by atoms with Crippen molar-refractivity contribution in [2.45, 2.75) is 33.3 Å². The van der Waals surface area contributed by atoms with Gasteiger partial charge >= 0.3 is 0 Å². The van der Waals surface area contributed by atoms with E-state index in [0.29, 0.717) is 0 Å². The van der Waals surface area contributed by atoms with Crippen molar-refractivity contribution in [3.05, 3.63) is 118 Å². The van der Waals surface area contributed by atoms with Crippen molar-refractivity contribution in [2.75, 3.05) is 0 Å². The second kappa shape index (κ2) is 6.84. The number of rotatable bonds is 2. The predicted octanol–water partition coefficient (Wildman–Crippen LogP) is 6.67. The number of aromatic nitrogens is 1. The van der Waals surface area contributed by atoms with Gasteiger partial charge in [-0.15, -0.1) is 0 Å². The molecule has 148 valence electrons. The van der Waals surface area contributed by atoms with E-state index in [1.54, 1.807) is 0 Å². The molecule has 0 radical (unpaired) electrons. The third-order valence-electron chi connectivity index (χ3n) is 5.91. The molecule has 0 spiro atoms. The highest BCUT2D eigenvalue weighted by atomic mass is 16.5. The molecule has 4 aromatic rings. The second-order valence-corrected chi connectivity index (χ2v) is 8.43. The minimum Gasteiger partial charge on any atom is -0.472 e. The molecule has 5 rings (SSSR count). The zero-order valence-corrected chi connectivity index (χ0v) is 17.9. The van der Waals surface area contributed by atoms with Gasteiger partial charge in [0.2, 0.25) is 0 Å². The molecule has 1 aliphatic heterocycles. The second-order valence-electron chi connectivity index (χ2n) is 8.43. The van der Waals surface area contributed by atoms with Crippen LogP contribution in [0, 0.1) is 27.7 Å². The quantitative estimate of drug-likeness (QED) is 0.381. The molecule has 2 nitrogen and oxygen atoms in total. The topological polar surface area (TPSA) is 22.1 Å². The van der Waals surface area contributed by atoms with Crippen LogP contribution in [-0.4, -0.2) is 4.98 Å². The molecule has 2 heteroatoms. The summed E-state index contributed by atoms with van der Waals surface area (Å²) in [6, 6.07) is 25.9. The van der Waals surface area contributed by atoms with Crippen molar-refractivity contribution in [3.8, 4) is 17.0 Å². The monoisotopic (exact) mass is 391 g/mol. The molecule has 1 aromatic heterocycles. The van der Waals surface area contributed by atoms with Crippen LogP contribution in [0.3, 0.4) is 0 Å². The van der Waals surface area contributed by atoms with Crippen LogP contribution in [0.25, 0.3) is 11.3 Å². The average Bonchev–Trinajstić information content (AvgIpc) is 2.73.